The van der Waals surface area contributed by atoms with Crippen LogP contribution in [0, 0.1) is 18.2 Å². The fraction of sp³-hybridized carbons (Fsp3) is 0.407. The largest absolute Gasteiger partial charge is 0.489 e. The van der Waals surface area contributed by atoms with E-state index in [0.29, 0.717) is 29.9 Å². The lowest BCUT2D eigenvalue weighted by molar-refractivity contribution is -0.138. The van der Waals surface area contributed by atoms with Crippen LogP contribution in [0.4, 0.5) is 4.39 Å². The first kappa shape index (κ1) is 24.2. The molecule has 0 radical (unpaired) electrons. The van der Waals surface area contributed by atoms with E-state index < -0.39 is 11.9 Å². The van der Waals surface area contributed by atoms with Crippen molar-refractivity contribution >= 4 is 23.1 Å². The number of aryl methyl sites for hydroxylation is 1. The minimum atomic E-state index is -0.470. The number of carbonyl (C=O) groups is 2. The summed E-state index contributed by atoms with van der Waals surface area (Å²) < 4.78 is 24.4. The first-order valence-electron chi connectivity index (χ1n) is 11.5. The lowest BCUT2D eigenvalue weighted by Crippen LogP contribution is -2.38. The van der Waals surface area contributed by atoms with Gasteiger partial charge in [0.05, 0.1) is 18.1 Å². The molecule has 0 bridgehead atoms. The topological polar surface area (TPSA) is 64.6 Å². The fourth-order valence-electron chi connectivity index (χ4n) is 4.72. The van der Waals surface area contributed by atoms with Gasteiger partial charge in [-0.2, -0.15) is 0 Å². The summed E-state index contributed by atoms with van der Waals surface area (Å²) in [5.41, 5.74) is 3.60. The van der Waals surface area contributed by atoms with Crippen LogP contribution in [0.5, 0.6) is 5.75 Å². The van der Waals surface area contributed by atoms with Crippen molar-refractivity contribution in [2.45, 2.75) is 60.0 Å². The Hall–Kier alpha value is -2.93. The molecule has 1 aliphatic carbocycles. The second-order valence-electron chi connectivity index (χ2n) is 9.62. The van der Waals surface area contributed by atoms with Crippen molar-refractivity contribution < 1.29 is 23.5 Å². The zero-order valence-electron chi connectivity index (χ0n) is 20.2. The number of benzene rings is 1. The summed E-state index contributed by atoms with van der Waals surface area (Å²) in [6.07, 6.45) is 1.17. The van der Waals surface area contributed by atoms with Gasteiger partial charge < -0.3 is 14.8 Å². The highest BCUT2D eigenvalue weighted by molar-refractivity contribution is 7.12. The molecule has 0 saturated carbocycles. The summed E-state index contributed by atoms with van der Waals surface area (Å²) in [6.45, 7) is 10.4. The van der Waals surface area contributed by atoms with Crippen LogP contribution in [0.1, 0.15) is 61.8 Å². The second-order valence-corrected chi connectivity index (χ2v) is 10.9. The van der Waals surface area contributed by atoms with Crippen molar-refractivity contribution in [2.24, 2.45) is 5.41 Å². The Labute approximate surface area is 203 Å². The van der Waals surface area contributed by atoms with Crippen molar-refractivity contribution in [2.75, 3.05) is 6.61 Å². The molecule has 1 atom stereocenters. The van der Waals surface area contributed by atoms with Gasteiger partial charge in [-0.25, -0.2) is 9.18 Å². The van der Waals surface area contributed by atoms with Crippen LogP contribution in [0.25, 0.3) is 0 Å². The molecule has 2 heterocycles. The van der Waals surface area contributed by atoms with Crippen LogP contribution in [0.15, 0.2) is 52.9 Å². The van der Waals surface area contributed by atoms with E-state index in [9.17, 15) is 14.0 Å². The van der Waals surface area contributed by atoms with Gasteiger partial charge in [-0.15, -0.1) is 11.3 Å². The number of ether oxygens (including phenoxy) is 2. The Kier molecular flexibility index (Phi) is 6.67. The molecule has 1 aromatic carbocycles. The second kappa shape index (κ2) is 9.37. The van der Waals surface area contributed by atoms with Crippen molar-refractivity contribution in [1.82, 2.24) is 5.32 Å². The lowest BCUT2D eigenvalue weighted by Gasteiger charge is -2.39. The molecule has 1 aromatic heterocycles. The van der Waals surface area contributed by atoms with Crippen molar-refractivity contribution in [3.63, 3.8) is 0 Å². The highest BCUT2D eigenvalue weighted by Gasteiger charge is 2.43. The van der Waals surface area contributed by atoms with Crippen LogP contribution < -0.4 is 10.1 Å². The van der Waals surface area contributed by atoms with Gasteiger partial charge in [0.2, 0.25) is 0 Å². The van der Waals surface area contributed by atoms with E-state index in [1.807, 2.05) is 19.9 Å². The molecule has 7 heteroatoms. The summed E-state index contributed by atoms with van der Waals surface area (Å²) in [4.78, 5) is 28.4. The SMILES string of the molecule is CCOC(=O)C1=C(C)NC2=C(C(=O)CC(C)(C)C2)[C@@H]1c1cc(COc2ccc(F)cc2)c(C)s1. The molecule has 4 rings (SSSR count). The highest BCUT2D eigenvalue weighted by atomic mass is 32.1. The molecular weight excluding hydrogens is 453 g/mol. The molecule has 2 aromatic rings. The summed E-state index contributed by atoms with van der Waals surface area (Å²) in [6, 6.07) is 7.92. The molecule has 2 aliphatic rings. The number of thiophene rings is 1. The third-order valence-corrected chi connectivity index (χ3v) is 7.42. The number of carbonyl (C=O) groups excluding carboxylic acids is 2. The average molecular weight is 484 g/mol. The van der Waals surface area contributed by atoms with Crippen molar-refractivity contribution in [3.8, 4) is 5.75 Å². The van der Waals surface area contributed by atoms with Gasteiger partial charge in [-0.1, -0.05) is 13.8 Å². The Morgan fingerprint density at radius 2 is 1.91 bits per heavy atom. The zero-order valence-corrected chi connectivity index (χ0v) is 21.0. The van der Waals surface area contributed by atoms with Gasteiger partial charge in [0.15, 0.2) is 5.78 Å². The summed E-state index contributed by atoms with van der Waals surface area (Å²) in [5.74, 6) is -0.550. The van der Waals surface area contributed by atoms with Crippen molar-refractivity contribution in [1.29, 1.82) is 0 Å². The van der Waals surface area contributed by atoms with E-state index in [2.05, 4.69) is 19.2 Å². The van der Waals surface area contributed by atoms with E-state index in [4.69, 9.17) is 9.47 Å². The Bertz CT molecular complexity index is 1190. The van der Waals surface area contributed by atoms with E-state index in [0.717, 1.165) is 33.1 Å². The maximum absolute atomic E-state index is 13.4. The number of nitrogens with one attached hydrogen (secondary N) is 1. The normalized spacial score (nSPS) is 19.6. The molecular formula is C27H30FNO4S. The predicted octanol–water partition coefficient (Wildman–Crippen LogP) is 5.94. The van der Waals surface area contributed by atoms with Crippen LogP contribution in [-0.4, -0.2) is 18.4 Å². The number of Topliss-reactive ketones (excluding diaryl/α,β-unsaturated/α-hetero) is 1. The summed E-state index contributed by atoms with van der Waals surface area (Å²) in [7, 11) is 0. The highest BCUT2D eigenvalue weighted by Crippen LogP contribution is 2.48. The van der Waals surface area contributed by atoms with E-state index in [-0.39, 0.29) is 23.6 Å². The molecule has 180 valence electrons. The third kappa shape index (κ3) is 4.80. The van der Waals surface area contributed by atoms with E-state index in [1.165, 1.54) is 12.1 Å². The maximum Gasteiger partial charge on any atom is 0.336 e. The van der Waals surface area contributed by atoms with E-state index >= 15 is 0 Å². The lowest BCUT2D eigenvalue weighted by atomic mass is 9.70. The Balaban J connectivity index is 1.72. The third-order valence-electron chi connectivity index (χ3n) is 6.27. The molecule has 1 N–H and O–H groups in total. The Morgan fingerprint density at radius 1 is 1.21 bits per heavy atom. The van der Waals surface area contributed by atoms with E-state index in [1.54, 1.807) is 30.4 Å². The van der Waals surface area contributed by atoms with Crippen LogP contribution in [-0.2, 0) is 20.9 Å². The molecule has 0 spiro atoms. The number of allylic oxidation sites excluding steroid dienone is 3. The number of hydrogen-bond donors (Lipinski definition) is 1. The first-order valence-corrected chi connectivity index (χ1v) is 12.3. The molecule has 0 saturated heterocycles. The van der Waals surface area contributed by atoms with Crippen LogP contribution in [0.3, 0.4) is 0 Å². The van der Waals surface area contributed by atoms with Crippen molar-refractivity contribution in [3.05, 3.63) is 74.0 Å². The van der Waals surface area contributed by atoms with Gasteiger partial charge >= 0.3 is 5.97 Å². The number of ketones is 1. The van der Waals surface area contributed by atoms with Crippen LogP contribution >= 0.6 is 11.3 Å². The quantitative estimate of drug-likeness (QED) is 0.515. The minimum Gasteiger partial charge on any atom is -0.489 e. The fourth-order valence-corrected chi connectivity index (χ4v) is 5.88. The smallest absolute Gasteiger partial charge is 0.336 e. The van der Waals surface area contributed by atoms with Gasteiger partial charge in [0.1, 0.15) is 18.2 Å². The summed E-state index contributed by atoms with van der Waals surface area (Å²) in [5, 5.41) is 3.35. The molecule has 0 unspecified atom stereocenters. The number of esters is 1. The molecule has 0 amide bonds. The summed E-state index contributed by atoms with van der Waals surface area (Å²) >= 11 is 1.56. The van der Waals surface area contributed by atoms with Crippen LogP contribution in [0.2, 0.25) is 0 Å². The number of halogens is 1. The molecule has 5 nitrogen and oxygen atoms in total. The number of dihydropyridines is 1. The minimum absolute atomic E-state index is 0.0632. The maximum atomic E-state index is 13.4. The van der Waals surface area contributed by atoms with Gasteiger partial charge in [-0.3, -0.25) is 4.79 Å². The average Bonchev–Trinajstić information content (AvgIpc) is 3.11. The number of rotatable bonds is 6. The van der Waals surface area contributed by atoms with Gasteiger partial charge in [0, 0.05) is 38.7 Å². The zero-order chi connectivity index (χ0) is 24.6. The number of hydrogen-bond acceptors (Lipinski definition) is 6. The molecule has 1 aliphatic heterocycles. The monoisotopic (exact) mass is 483 g/mol. The van der Waals surface area contributed by atoms with Gasteiger partial charge in [0.25, 0.3) is 0 Å². The molecule has 34 heavy (non-hydrogen) atoms. The Morgan fingerprint density at radius 3 is 2.59 bits per heavy atom. The predicted molar refractivity (Wildman–Crippen MR) is 130 cm³/mol. The van der Waals surface area contributed by atoms with Gasteiger partial charge in [-0.05, 0) is 62.9 Å². The molecule has 0 fully saturated rings. The first-order chi connectivity index (χ1) is 16.1. The standard InChI is InChI=1S/C27H30FNO4S/c1-6-32-26(31)23-15(2)29-20-12-27(4,5)13-21(30)24(20)25(23)22-11-17(16(3)34-22)14-33-19-9-7-18(28)8-10-19/h7-11,25,29H,6,12-14H2,1-5H3/t25-/m1/s1.